The SMILES string of the molecule is Cc1cc(C(=O)N2CCCCC2)c2c(=O)n(Cc3ccc(F)cc3Cl)c(=O)n(C)c2n1. The van der Waals surface area contributed by atoms with Crippen molar-refractivity contribution in [3.8, 4) is 0 Å². The van der Waals surface area contributed by atoms with E-state index < -0.39 is 17.1 Å². The summed E-state index contributed by atoms with van der Waals surface area (Å²) in [6.45, 7) is 2.84. The number of aromatic nitrogens is 3. The van der Waals surface area contributed by atoms with Crippen molar-refractivity contribution >= 4 is 28.5 Å². The molecule has 1 aromatic carbocycles. The number of pyridine rings is 1. The molecular formula is C22H22ClFN4O3. The molecule has 0 saturated carbocycles. The number of carbonyl (C=O) groups excluding carboxylic acids is 1. The topological polar surface area (TPSA) is 77.2 Å². The number of carbonyl (C=O) groups is 1. The third-order valence-electron chi connectivity index (χ3n) is 5.64. The number of likely N-dealkylation sites (tertiary alicyclic amines) is 1. The second-order valence-corrected chi connectivity index (χ2v) is 8.24. The Hall–Kier alpha value is -3.00. The van der Waals surface area contributed by atoms with Gasteiger partial charge in [0.1, 0.15) is 11.5 Å². The molecule has 0 aliphatic carbocycles. The van der Waals surface area contributed by atoms with Crippen LogP contribution in [-0.4, -0.2) is 38.0 Å². The van der Waals surface area contributed by atoms with Crippen LogP contribution < -0.4 is 11.2 Å². The molecule has 3 heterocycles. The smallest absolute Gasteiger partial charge is 0.332 e. The van der Waals surface area contributed by atoms with Crippen molar-refractivity contribution in [2.75, 3.05) is 13.1 Å². The molecule has 3 aromatic rings. The van der Waals surface area contributed by atoms with E-state index in [1.165, 1.54) is 23.7 Å². The van der Waals surface area contributed by atoms with Crippen LogP contribution >= 0.6 is 11.6 Å². The predicted octanol–water partition coefficient (Wildman–Crippen LogP) is 2.87. The Balaban J connectivity index is 1.93. The molecule has 0 N–H and O–H groups in total. The Bertz CT molecular complexity index is 1310. The third-order valence-corrected chi connectivity index (χ3v) is 5.99. The first kappa shape index (κ1) is 21.2. The lowest BCUT2D eigenvalue weighted by Gasteiger charge is -2.27. The lowest BCUT2D eigenvalue weighted by molar-refractivity contribution is 0.0726. The Morgan fingerprint density at radius 1 is 1.16 bits per heavy atom. The van der Waals surface area contributed by atoms with Crippen molar-refractivity contribution in [1.29, 1.82) is 0 Å². The van der Waals surface area contributed by atoms with Crippen molar-refractivity contribution in [3.63, 3.8) is 0 Å². The summed E-state index contributed by atoms with van der Waals surface area (Å²) in [6, 6.07) is 5.37. The van der Waals surface area contributed by atoms with Gasteiger partial charge >= 0.3 is 5.69 Å². The highest BCUT2D eigenvalue weighted by Gasteiger charge is 2.25. The molecule has 2 aromatic heterocycles. The molecule has 1 fully saturated rings. The number of hydrogen-bond acceptors (Lipinski definition) is 4. The van der Waals surface area contributed by atoms with E-state index in [9.17, 15) is 18.8 Å². The van der Waals surface area contributed by atoms with Crippen LogP contribution in [0.5, 0.6) is 0 Å². The molecule has 1 saturated heterocycles. The summed E-state index contributed by atoms with van der Waals surface area (Å²) in [5.41, 5.74) is 0.159. The summed E-state index contributed by atoms with van der Waals surface area (Å²) in [7, 11) is 1.51. The highest BCUT2D eigenvalue weighted by atomic mass is 35.5. The Labute approximate surface area is 182 Å². The van der Waals surface area contributed by atoms with Gasteiger partial charge in [0.25, 0.3) is 11.5 Å². The maximum absolute atomic E-state index is 13.4. The molecule has 162 valence electrons. The van der Waals surface area contributed by atoms with Crippen LogP contribution in [0.1, 0.15) is 40.9 Å². The minimum Gasteiger partial charge on any atom is -0.339 e. The molecule has 0 unspecified atom stereocenters. The van der Waals surface area contributed by atoms with Gasteiger partial charge in [-0.05, 0) is 49.9 Å². The maximum Gasteiger partial charge on any atom is 0.332 e. The lowest BCUT2D eigenvalue weighted by Crippen LogP contribution is -2.41. The molecule has 31 heavy (non-hydrogen) atoms. The van der Waals surface area contributed by atoms with Gasteiger partial charge in [-0.1, -0.05) is 17.7 Å². The highest BCUT2D eigenvalue weighted by molar-refractivity contribution is 6.31. The second-order valence-electron chi connectivity index (χ2n) is 7.83. The van der Waals surface area contributed by atoms with Gasteiger partial charge in [-0.15, -0.1) is 0 Å². The van der Waals surface area contributed by atoms with E-state index in [0.717, 1.165) is 29.9 Å². The molecule has 0 atom stereocenters. The normalized spacial score (nSPS) is 14.3. The molecule has 1 amide bonds. The fourth-order valence-corrected chi connectivity index (χ4v) is 4.23. The summed E-state index contributed by atoms with van der Waals surface area (Å²) < 4.78 is 15.7. The van der Waals surface area contributed by atoms with Gasteiger partial charge in [0, 0.05) is 30.9 Å². The van der Waals surface area contributed by atoms with Gasteiger partial charge in [-0.3, -0.25) is 18.7 Å². The fourth-order valence-electron chi connectivity index (χ4n) is 4.00. The van der Waals surface area contributed by atoms with E-state index in [2.05, 4.69) is 4.98 Å². The van der Waals surface area contributed by atoms with Gasteiger partial charge in [-0.2, -0.15) is 0 Å². The first-order valence-corrected chi connectivity index (χ1v) is 10.5. The van der Waals surface area contributed by atoms with E-state index in [1.807, 2.05) is 0 Å². The van der Waals surface area contributed by atoms with Crippen LogP contribution in [0.4, 0.5) is 4.39 Å². The predicted molar refractivity (Wildman–Crippen MR) is 116 cm³/mol. The van der Waals surface area contributed by atoms with Crippen LogP contribution in [0, 0.1) is 12.7 Å². The number of fused-ring (bicyclic) bond motifs is 1. The van der Waals surface area contributed by atoms with Crippen LogP contribution in [0.25, 0.3) is 11.0 Å². The van der Waals surface area contributed by atoms with E-state index in [0.29, 0.717) is 24.3 Å². The zero-order valence-electron chi connectivity index (χ0n) is 17.3. The summed E-state index contributed by atoms with van der Waals surface area (Å²) >= 11 is 6.11. The highest BCUT2D eigenvalue weighted by Crippen LogP contribution is 2.20. The lowest BCUT2D eigenvalue weighted by atomic mass is 10.1. The Kier molecular flexibility index (Phi) is 5.66. The Morgan fingerprint density at radius 2 is 1.87 bits per heavy atom. The average molecular weight is 445 g/mol. The van der Waals surface area contributed by atoms with Crippen LogP contribution in [0.15, 0.2) is 33.9 Å². The van der Waals surface area contributed by atoms with Gasteiger partial charge in [-0.25, -0.2) is 14.2 Å². The molecule has 0 radical (unpaired) electrons. The molecule has 0 bridgehead atoms. The quantitative estimate of drug-likeness (QED) is 0.622. The molecule has 1 aliphatic heterocycles. The number of piperidine rings is 1. The minimum atomic E-state index is -0.619. The number of amides is 1. The molecular weight excluding hydrogens is 423 g/mol. The van der Waals surface area contributed by atoms with Gasteiger partial charge in [0.05, 0.1) is 17.5 Å². The molecule has 1 aliphatic rings. The van der Waals surface area contributed by atoms with Gasteiger partial charge in [0.2, 0.25) is 0 Å². The molecule has 0 spiro atoms. The van der Waals surface area contributed by atoms with Crippen molar-refractivity contribution in [2.24, 2.45) is 7.05 Å². The van der Waals surface area contributed by atoms with E-state index in [4.69, 9.17) is 11.6 Å². The van der Waals surface area contributed by atoms with Crippen molar-refractivity contribution in [3.05, 3.63) is 72.8 Å². The van der Waals surface area contributed by atoms with Gasteiger partial charge < -0.3 is 4.90 Å². The largest absolute Gasteiger partial charge is 0.339 e. The second kappa shape index (κ2) is 8.26. The third kappa shape index (κ3) is 3.87. The van der Waals surface area contributed by atoms with Crippen LogP contribution in [0.2, 0.25) is 5.02 Å². The average Bonchev–Trinajstić information content (AvgIpc) is 2.76. The molecule has 9 heteroatoms. The first-order chi connectivity index (χ1) is 14.8. The standard InChI is InChI=1S/C22H22ClFN4O3/c1-13-10-16(20(29)27-8-4-3-5-9-27)18-19(25-13)26(2)22(31)28(21(18)30)12-14-6-7-15(24)11-17(14)23/h6-7,10-11H,3-5,8-9,12H2,1-2H3. The summed E-state index contributed by atoms with van der Waals surface area (Å²) in [6.07, 6.45) is 2.90. The molecule has 4 rings (SSSR count). The fraction of sp³-hybridized carbons (Fsp3) is 0.364. The van der Waals surface area contributed by atoms with Crippen molar-refractivity contribution in [2.45, 2.75) is 32.7 Å². The number of nitrogens with zero attached hydrogens (tertiary/aromatic N) is 4. The van der Waals surface area contributed by atoms with Gasteiger partial charge in [0.15, 0.2) is 0 Å². The van der Waals surface area contributed by atoms with E-state index >= 15 is 0 Å². The zero-order chi connectivity index (χ0) is 22.3. The maximum atomic E-state index is 13.4. The zero-order valence-corrected chi connectivity index (χ0v) is 18.1. The summed E-state index contributed by atoms with van der Waals surface area (Å²) in [5.74, 6) is -0.751. The Morgan fingerprint density at radius 3 is 2.55 bits per heavy atom. The number of halogens is 2. The number of benzene rings is 1. The summed E-state index contributed by atoms with van der Waals surface area (Å²) in [5, 5.41) is 0.210. The number of rotatable bonds is 3. The van der Waals surface area contributed by atoms with E-state index in [1.54, 1.807) is 17.9 Å². The van der Waals surface area contributed by atoms with E-state index in [-0.39, 0.29) is 34.1 Å². The van der Waals surface area contributed by atoms with Crippen LogP contribution in [-0.2, 0) is 13.6 Å². The first-order valence-electron chi connectivity index (χ1n) is 10.1. The number of aryl methyl sites for hydroxylation is 2. The van der Waals surface area contributed by atoms with Crippen molar-refractivity contribution < 1.29 is 9.18 Å². The summed E-state index contributed by atoms with van der Waals surface area (Å²) in [4.78, 5) is 45.8. The monoisotopic (exact) mass is 444 g/mol. The van der Waals surface area contributed by atoms with Crippen molar-refractivity contribution in [1.82, 2.24) is 19.0 Å². The molecule has 7 nitrogen and oxygen atoms in total. The minimum absolute atomic E-state index is 0.0986. The van der Waals surface area contributed by atoms with Crippen LogP contribution in [0.3, 0.4) is 0 Å². The number of hydrogen-bond donors (Lipinski definition) is 0.